The fourth-order valence-corrected chi connectivity index (χ4v) is 2.89. The minimum atomic E-state index is -0.174. The molecule has 0 bridgehead atoms. The highest BCUT2D eigenvalue weighted by atomic mass is 32.2. The van der Waals surface area contributed by atoms with Crippen LogP contribution in [0.1, 0.15) is 13.8 Å². The van der Waals surface area contributed by atoms with E-state index in [1.54, 1.807) is 0 Å². The van der Waals surface area contributed by atoms with E-state index in [1.807, 2.05) is 19.1 Å². The monoisotopic (exact) mass is 213 g/mol. The van der Waals surface area contributed by atoms with Crippen LogP contribution in [0.2, 0.25) is 0 Å². The van der Waals surface area contributed by atoms with Crippen molar-refractivity contribution in [2.45, 2.75) is 18.7 Å². The minimum absolute atomic E-state index is 0.00620. The van der Waals surface area contributed by atoms with Crippen LogP contribution in [0.5, 0.6) is 0 Å². The molecule has 1 atom stereocenters. The number of rotatable bonds is 3. The summed E-state index contributed by atoms with van der Waals surface area (Å²) in [5.41, 5.74) is 0. The molecule has 1 nitrogen and oxygen atoms in total. The van der Waals surface area contributed by atoms with Gasteiger partial charge in [0.1, 0.15) is 5.82 Å². The van der Waals surface area contributed by atoms with E-state index in [9.17, 15) is 4.39 Å². The molecule has 0 aliphatic carbocycles. The van der Waals surface area contributed by atoms with Gasteiger partial charge in [-0.3, -0.25) is 4.31 Å². The van der Waals surface area contributed by atoms with Crippen LogP contribution in [0.15, 0.2) is 29.2 Å². The lowest BCUT2D eigenvalue weighted by molar-refractivity contribution is 0.599. The van der Waals surface area contributed by atoms with Crippen molar-refractivity contribution >= 4 is 16.0 Å². The molecule has 1 rings (SSSR count). The maximum absolute atomic E-state index is 12.7. The molecule has 0 amide bonds. The summed E-state index contributed by atoms with van der Waals surface area (Å²) in [5, 5.41) is 2.15. The zero-order valence-corrected chi connectivity index (χ0v) is 9.64. The van der Waals surface area contributed by atoms with E-state index in [0.717, 1.165) is 6.54 Å². The van der Waals surface area contributed by atoms with Gasteiger partial charge in [-0.15, -0.1) is 0 Å². The molecule has 0 saturated carbocycles. The van der Waals surface area contributed by atoms with Crippen molar-refractivity contribution in [3.05, 3.63) is 30.1 Å². The van der Waals surface area contributed by atoms with Crippen LogP contribution in [-0.4, -0.2) is 23.3 Å². The van der Waals surface area contributed by atoms with E-state index in [4.69, 9.17) is 0 Å². The molecule has 0 spiro atoms. The summed E-state index contributed by atoms with van der Waals surface area (Å²) >= 11 is 0. The van der Waals surface area contributed by atoms with Crippen LogP contribution >= 0.6 is 10.7 Å². The molecule has 3 heteroatoms. The van der Waals surface area contributed by atoms with Gasteiger partial charge in [0.2, 0.25) is 0 Å². The Morgan fingerprint density at radius 3 is 2.36 bits per heavy atom. The summed E-state index contributed by atoms with van der Waals surface area (Å²) < 4.78 is 15.0. The molecule has 0 aromatic heterocycles. The van der Waals surface area contributed by atoms with Gasteiger partial charge in [-0.2, -0.15) is 0 Å². The van der Waals surface area contributed by atoms with Crippen LogP contribution in [0.4, 0.5) is 4.39 Å². The number of halogens is 1. The normalized spacial score (nSPS) is 13.5. The largest absolute Gasteiger partial charge is 0.256 e. The Labute approximate surface area is 87.6 Å². The molecular weight excluding hydrogens is 197 g/mol. The highest BCUT2D eigenvalue weighted by Gasteiger charge is 2.03. The van der Waals surface area contributed by atoms with Gasteiger partial charge in [-0.1, -0.05) is 17.6 Å². The first-order valence-corrected chi connectivity index (χ1v) is 5.93. The van der Waals surface area contributed by atoms with Gasteiger partial charge in [0, 0.05) is 11.4 Å². The van der Waals surface area contributed by atoms with Crippen molar-refractivity contribution in [1.82, 2.24) is 4.31 Å². The standard InChI is InChI=1S/C11H16FNS/c1-4-13(3)14(5-2)11-8-6-10(12)7-9-11/h5-9H,4H2,1-3H3. The van der Waals surface area contributed by atoms with Gasteiger partial charge in [0.25, 0.3) is 0 Å². The average Bonchev–Trinajstić information content (AvgIpc) is 2.21. The lowest BCUT2D eigenvalue weighted by atomic mass is 10.4. The molecule has 0 aliphatic heterocycles. The van der Waals surface area contributed by atoms with E-state index < -0.39 is 0 Å². The average molecular weight is 213 g/mol. The highest BCUT2D eigenvalue weighted by molar-refractivity contribution is 8.12. The van der Waals surface area contributed by atoms with Crippen LogP contribution in [0, 0.1) is 5.82 Å². The Hall–Kier alpha value is -0.670. The second-order valence-electron chi connectivity index (χ2n) is 2.95. The second kappa shape index (κ2) is 5.27. The predicted octanol–water partition coefficient (Wildman–Crippen LogP) is 3.14. The zero-order chi connectivity index (χ0) is 10.6. The first-order chi connectivity index (χ1) is 6.69. The van der Waals surface area contributed by atoms with Crippen molar-refractivity contribution in [2.24, 2.45) is 0 Å². The summed E-state index contributed by atoms with van der Waals surface area (Å²) in [5.74, 6) is -0.174. The fourth-order valence-electron chi connectivity index (χ4n) is 1.21. The van der Waals surface area contributed by atoms with E-state index in [0.29, 0.717) is 0 Å². The molecule has 1 aromatic carbocycles. The molecule has 0 aliphatic rings. The van der Waals surface area contributed by atoms with Crippen LogP contribution in [0.3, 0.4) is 0 Å². The minimum Gasteiger partial charge on any atom is -0.256 e. The van der Waals surface area contributed by atoms with Crippen LogP contribution < -0.4 is 0 Å². The lowest BCUT2D eigenvalue weighted by Gasteiger charge is -2.19. The number of hydrogen-bond acceptors (Lipinski definition) is 1. The molecule has 0 radical (unpaired) electrons. The van der Waals surface area contributed by atoms with Crippen molar-refractivity contribution < 1.29 is 4.39 Å². The third-order valence-electron chi connectivity index (χ3n) is 2.06. The molecule has 0 N–H and O–H groups in total. The topological polar surface area (TPSA) is 3.24 Å². The Bertz CT molecular complexity index is 319. The smallest absolute Gasteiger partial charge is 0.123 e. The molecule has 0 heterocycles. The third-order valence-corrected chi connectivity index (χ3v) is 4.19. The predicted molar refractivity (Wildman–Crippen MR) is 62.3 cm³/mol. The van der Waals surface area contributed by atoms with E-state index in [-0.39, 0.29) is 16.5 Å². The molecule has 0 fully saturated rings. The molecule has 1 unspecified atom stereocenters. The number of benzene rings is 1. The highest BCUT2D eigenvalue weighted by Crippen LogP contribution is 2.28. The third kappa shape index (κ3) is 2.66. The lowest BCUT2D eigenvalue weighted by Crippen LogP contribution is -2.10. The Morgan fingerprint density at radius 2 is 1.93 bits per heavy atom. The molecule has 14 heavy (non-hydrogen) atoms. The van der Waals surface area contributed by atoms with E-state index >= 15 is 0 Å². The first kappa shape index (κ1) is 11.4. The summed E-state index contributed by atoms with van der Waals surface area (Å²) in [7, 11) is 2.07. The van der Waals surface area contributed by atoms with Crippen molar-refractivity contribution in [3.8, 4) is 0 Å². The molecule has 1 aromatic rings. The van der Waals surface area contributed by atoms with E-state index in [1.165, 1.54) is 17.0 Å². The van der Waals surface area contributed by atoms with Gasteiger partial charge >= 0.3 is 0 Å². The van der Waals surface area contributed by atoms with Gasteiger partial charge in [0.15, 0.2) is 0 Å². The van der Waals surface area contributed by atoms with E-state index in [2.05, 4.69) is 23.6 Å². The van der Waals surface area contributed by atoms with Gasteiger partial charge in [-0.05, 0) is 43.6 Å². The second-order valence-corrected chi connectivity index (χ2v) is 5.14. The Kier molecular flexibility index (Phi) is 4.29. The molecule has 78 valence electrons. The van der Waals surface area contributed by atoms with Crippen molar-refractivity contribution in [1.29, 1.82) is 0 Å². The SMILES string of the molecule is CC=S(c1ccc(F)cc1)N(C)CC. The quantitative estimate of drug-likeness (QED) is 0.697. The summed E-state index contributed by atoms with van der Waals surface area (Å²) in [6.07, 6.45) is 0. The van der Waals surface area contributed by atoms with Crippen LogP contribution in [0.25, 0.3) is 0 Å². The zero-order valence-electron chi connectivity index (χ0n) is 8.83. The Balaban J connectivity index is 2.96. The molecular formula is C11H16FNS. The van der Waals surface area contributed by atoms with Crippen molar-refractivity contribution in [2.75, 3.05) is 13.6 Å². The van der Waals surface area contributed by atoms with Gasteiger partial charge in [0.05, 0.1) is 0 Å². The van der Waals surface area contributed by atoms with Gasteiger partial charge in [-0.25, -0.2) is 4.39 Å². The summed E-state index contributed by atoms with van der Waals surface area (Å²) in [4.78, 5) is 1.17. The number of nitrogens with zero attached hydrogens (tertiary/aromatic N) is 1. The molecule has 0 saturated heterocycles. The Morgan fingerprint density at radius 1 is 1.36 bits per heavy atom. The van der Waals surface area contributed by atoms with Gasteiger partial charge < -0.3 is 0 Å². The maximum atomic E-state index is 12.7. The van der Waals surface area contributed by atoms with Crippen molar-refractivity contribution in [3.63, 3.8) is 0 Å². The maximum Gasteiger partial charge on any atom is 0.123 e. The summed E-state index contributed by atoms with van der Waals surface area (Å²) in [6.45, 7) is 5.15. The fraction of sp³-hybridized carbons (Fsp3) is 0.364. The van der Waals surface area contributed by atoms with Crippen LogP contribution in [-0.2, 0) is 0 Å². The number of hydrogen-bond donors (Lipinski definition) is 0. The summed E-state index contributed by atoms with van der Waals surface area (Å²) in [6, 6.07) is 6.74. The first-order valence-electron chi connectivity index (χ1n) is 4.68.